The first-order chi connectivity index (χ1) is 10.8. The van der Waals surface area contributed by atoms with Gasteiger partial charge in [0.2, 0.25) is 0 Å². The minimum Gasteiger partial charge on any atom is -0.478 e. The van der Waals surface area contributed by atoms with Crippen molar-refractivity contribution in [1.29, 1.82) is 0 Å². The first kappa shape index (κ1) is 16.7. The van der Waals surface area contributed by atoms with E-state index < -0.39 is 12.0 Å². The lowest BCUT2D eigenvalue weighted by Gasteiger charge is -2.17. The Bertz CT molecular complexity index is 754. The van der Waals surface area contributed by atoms with Crippen molar-refractivity contribution in [3.8, 4) is 0 Å². The quantitative estimate of drug-likeness (QED) is 0.785. The highest BCUT2D eigenvalue weighted by atomic mass is 19.3. The number of hydrogen-bond donors (Lipinski definition) is 2. The summed E-state index contributed by atoms with van der Waals surface area (Å²) in [5, 5.41) is 11.0. The van der Waals surface area contributed by atoms with Crippen molar-refractivity contribution < 1.29 is 18.7 Å². The van der Waals surface area contributed by atoms with E-state index in [1.54, 1.807) is 6.07 Å². The standard InChI is InChI=1S/C18H17F2NO2/c1-12-7-8-14(11-13(12)2)9-10-18(19,20)21-16-6-4-3-5-15(16)17(22)23/h3-11,21H,1-2H3,(H,22,23). The Kier molecular flexibility index (Phi) is 4.79. The smallest absolute Gasteiger partial charge is 0.343 e. The maximum atomic E-state index is 14.0. The summed E-state index contributed by atoms with van der Waals surface area (Å²) in [6.07, 6.45) is 2.03. The highest BCUT2D eigenvalue weighted by Gasteiger charge is 2.26. The Morgan fingerprint density at radius 3 is 2.48 bits per heavy atom. The van der Waals surface area contributed by atoms with Gasteiger partial charge >= 0.3 is 12.0 Å². The molecule has 2 N–H and O–H groups in total. The summed E-state index contributed by atoms with van der Waals surface area (Å²) in [6.45, 7) is 3.86. The summed E-state index contributed by atoms with van der Waals surface area (Å²) < 4.78 is 28.1. The van der Waals surface area contributed by atoms with Gasteiger partial charge in [-0.2, -0.15) is 8.78 Å². The first-order valence-corrected chi connectivity index (χ1v) is 7.03. The van der Waals surface area contributed by atoms with Gasteiger partial charge in [0.15, 0.2) is 0 Å². The number of carboxylic acid groups (broad SMARTS) is 1. The van der Waals surface area contributed by atoms with Crippen LogP contribution in [-0.2, 0) is 0 Å². The Morgan fingerprint density at radius 1 is 1.13 bits per heavy atom. The van der Waals surface area contributed by atoms with Gasteiger partial charge in [0.05, 0.1) is 11.3 Å². The second kappa shape index (κ2) is 6.60. The van der Waals surface area contributed by atoms with E-state index in [2.05, 4.69) is 0 Å². The number of nitrogens with one attached hydrogen (secondary N) is 1. The van der Waals surface area contributed by atoms with Crippen LogP contribution in [-0.4, -0.2) is 17.1 Å². The normalized spacial score (nSPS) is 11.7. The van der Waals surface area contributed by atoms with Gasteiger partial charge in [0.25, 0.3) is 0 Å². The summed E-state index contributed by atoms with van der Waals surface area (Å²) >= 11 is 0. The Morgan fingerprint density at radius 2 is 1.83 bits per heavy atom. The summed E-state index contributed by atoms with van der Waals surface area (Å²) in [7, 11) is 0. The van der Waals surface area contributed by atoms with Crippen LogP contribution in [0.1, 0.15) is 27.0 Å². The fraction of sp³-hybridized carbons (Fsp3) is 0.167. The van der Waals surface area contributed by atoms with Crippen LogP contribution in [0.5, 0.6) is 0 Å². The zero-order valence-corrected chi connectivity index (χ0v) is 12.8. The molecule has 0 heterocycles. The third-order valence-electron chi connectivity index (χ3n) is 3.47. The number of benzene rings is 2. The van der Waals surface area contributed by atoms with Crippen LogP contribution >= 0.6 is 0 Å². The van der Waals surface area contributed by atoms with Crippen LogP contribution in [0, 0.1) is 13.8 Å². The molecular weight excluding hydrogens is 300 g/mol. The number of aromatic carboxylic acids is 1. The predicted octanol–water partition coefficient (Wildman–Crippen LogP) is 4.72. The molecule has 5 heteroatoms. The fourth-order valence-electron chi connectivity index (χ4n) is 2.07. The third kappa shape index (κ3) is 4.39. The van der Waals surface area contributed by atoms with Gasteiger partial charge < -0.3 is 10.4 Å². The molecule has 0 aromatic heterocycles. The zero-order chi connectivity index (χ0) is 17.0. The number of aryl methyl sites for hydroxylation is 2. The minimum atomic E-state index is -3.37. The molecule has 120 valence electrons. The molecular formula is C18H17F2NO2. The molecule has 0 bridgehead atoms. The highest BCUT2D eigenvalue weighted by molar-refractivity contribution is 5.94. The summed E-state index contributed by atoms with van der Waals surface area (Å²) in [5.74, 6) is -1.26. The first-order valence-electron chi connectivity index (χ1n) is 7.03. The van der Waals surface area contributed by atoms with Gasteiger partial charge in [0, 0.05) is 6.08 Å². The fourth-order valence-corrected chi connectivity index (χ4v) is 2.07. The van der Waals surface area contributed by atoms with Crippen LogP contribution in [0.25, 0.3) is 6.08 Å². The van der Waals surface area contributed by atoms with E-state index >= 15 is 0 Å². The summed E-state index contributed by atoms with van der Waals surface area (Å²) in [4.78, 5) is 11.1. The van der Waals surface area contributed by atoms with Crippen LogP contribution in [0.15, 0.2) is 48.5 Å². The monoisotopic (exact) mass is 317 g/mol. The third-order valence-corrected chi connectivity index (χ3v) is 3.47. The lowest BCUT2D eigenvalue weighted by atomic mass is 10.1. The summed E-state index contributed by atoms with van der Waals surface area (Å²) in [6, 6.07) is 7.61. The number of hydrogen-bond acceptors (Lipinski definition) is 2. The van der Waals surface area contributed by atoms with Crippen molar-refractivity contribution in [2.75, 3.05) is 5.32 Å². The lowest BCUT2D eigenvalue weighted by Crippen LogP contribution is -2.25. The van der Waals surface area contributed by atoms with Gasteiger partial charge in [-0.25, -0.2) is 4.79 Å². The van der Waals surface area contributed by atoms with E-state index in [9.17, 15) is 13.6 Å². The molecule has 0 aliphatic carbocycles. The second-order valence-corrected chi connectivity index (χ2v) is 5.28. The Hall–Kier alpha value is -2.69. The number of carbonyl (C=O) groups is 1. The van der Waals surface area contributed by atoms with Crippen molar-refractivity contribution in [1.82, 2.24) is 0 Å². The molecule has 0 atom stereocenters. The average Bonchev–Trinajstić information content (AvgIpc) is 2.48. The molecule has 0 saturated carbocycles. The van der Waals surface area contributed by atoms with E-state index in [4.69, 9.17) is 5.11 Å². The van der Waals surface area contributed by atoms with Gasteiger partial charge in [-0.05, 0) is 42.7 Å². The maximum absolute atomic E-state index is 14.0. The molecule has 2 aromatic rings. The van der Waals surface area contributed by atoms with Crippen molar-refractivity contribution >= 4 is 17.7 Å². The molecule has 0 amide bonds. The highest BCUT2D eigenvalue weighted by Crippen LogP contribution is 2.24. The van der Waals surface area contributed by atoms with Crippen molar-refractivity contribution in [2.24, 2.45) is 0 Å². The molecule has 0 saturated heterocycles. The molecule has 0 unspecified atom stereocenters. The molecule has 0 spiro atoms. The molecule has 0 aliphatic heterocycles. The van der Waals surface area contributed by atoms with Gasteiger partial charge in [-0.15, -0.1) is 0 Å². The van der Waals surface area contributed by atoms with Gasteiger partial charge in [-0.3, -0.25) is 0 Å². The molecule has 0 aliphatic rings. The number of para-hydroxylation sites is 1. The van der Waals surface area contributed by atoms with E-state index in [1.807, 2.05) is 31.3 Å². The molecule has 0 radical (unpaired) electrons. The zero-order valence-electron chi connectivity index (χ0n) is 12.8. The molecule has 2 rings (SSSR count). The number of alkyl halides is 2. The molecule has 0 fully saturated rings. The van der Waals surface area contributed by atoms with Crippen LogP contribution in [0.3, 0.4) is 0 Å². The van der Waals surface area contributed by atoms with E-state index in [0.29, 0.717) is 5.56 Å². The Balaban J connectivity index is 2.20. The van der Waals surface area contributed by atoms with E-state index in [1.165, 1.54) is 30.3 Å². The van der Waals surface area contributed by atoms with Crippen LogP contribution in [0.4, 0.5) is 14.5 Å². The van der Waals surface area contributed by atoms with Crippen molar-refractivity contribution in [3.05, 3.63) is 70.8 Å². The topological polar surface area (TPSA) is 49.3 Å². The summed E-state index contributed by atoms with van der Waals surface area (Å²) in [5.41, 5.74) is 2.42. The molecule has 3 nitrogen and oxygen atoms in total. The lowest BCUT2D eigenvalue weighted by molar-refractivity contribution is 0.0695. The predicted molar refractivity (Wildman–Crippen MR) is 86.9 cm³/mol. The van der Waals surface area contributed by atoms with Crippen molar-refractivity contribution in [3.63, 3.8) is 0 Å². The molecule has 23 heavy (non-hydrogen) atoms. The van der Waals surface area contributed by atoms with Crippen molar-refractivity contribution in [2.45, 2.75) is 19.9 Å². The largest absolute Gasteiger partial charge is 0.478 e. The Labute approximate surface area is 133 Å². The van der Waals surface area contributed by atoms with E-state index in [-0.39, 0.29) is 11.3 Å². The van der Waals surface area contributed by atoms with Crippen LogP contribution < -0.4 is 5.32 Å². The number of carboxylic acids is 1. The average molecular weight is 317 g/mol. The van der Waals surface area contributed by atoms with Gasteiger partial charge in [-0.1, -0.05) is 36.4 Å². The van der Waals surface area contributed by atoms with E-state index in [0.717, 1.165) is 17.2 Å². The number of anilines is 1. The second-order valence-electron chi connectivity index (χ2n) is 5.28. The SMILES string of the molecule is Cc1ccc(C=CC(F)(F)Nc2ccccc2C(=O)O)cc1C. The van der Waals surface area contributed by atoms with Crippen LogP contribution in [0.2, 0.25) is 0 Å². The number of halogens is 2. The molecule has 2 aromatic carbocycles. The minimum absolute atomic E-state index is 0.130. The van der Waals surface area contributed by atoms with Gasteiger partial charge in [0.1, 0.15) is 0 Å². The maximum Gasteiger partial charge on any atom is 0.343 e. The number of rotatable bonds is 5.